The molecule has 0 aliphatic heterocycles. The standard InChI is InChI=1S/C15H14N4O3S/c1-22-9-4-2-3-8(5-9)6-17-14(21)12-18-13(20)11-10(16)7-23-15(11)19-12/h2-5,7H,6,16H2,1H3,(H,17,21)(H,18,19,20)/p+1. The predicted octanol–water partition coefficient (Wildman–Crippen LogP) is 0.924. The van der Waals surface area contributed by atoms with E-state index in [0.717, 1.165) is 5.56 Å². The number of fused-ring (bicyclic) bond motifs is 1. The van der Waals surface area contributed by atoms with Gasteiger partial charge in [-0.15, -0.1) is 0 Å². The van der Waals surface area contributed by atoms with Gasteiger partial charge >= 0.3 is 17.3 Å². The van der Waals surface area contributed by atoms with E-state index in [9.17, 15) is 9.59 Å². The maximum atomic E-state index is 12.2. The van der Waals surface area contributed by atoms with Crippen molar-refractivity contribution in [2.45, 2.75) is 6.54 Å². The van der Waals surface area contributed by atoms with Crippen LogP contribution in [0.3, 0.4) is 0 Å². The molecule has 8 heteroatoms. The van der Waals surface area contributed by atoms with Crippen LogP contribution in [0.25, 0.3) is 10.2 Å². The summed E-state index contributed by atoms with van der Waals surface area (Å²) in [6, 6.07) is 7.37. The summed E-state index contributed by atoms with van der Waals surface area (Å²) in [4.78, 5) is 30.2. The molecule has 0 atom stereocenters. The zero-order valence-electron chi connectivity index (χ0n) is 12.3. The number of hydrogen-bond donors (Lipinski definition) is 3. The topological polar surface area (TPSA) is 111 Å². The summed E-state index contributed by atoms with van der Waals surface area (Å²) in [6.07, 6.45) is 0. The highest BCUT2D eigenvalue weighted by Gasteiger charge is 2.20. The molecule has 0 aliphatic carbocycles. The molecule has 7 nitrogen and oxygen atoms in total. The number of benzene rings is 1. The van der Waals surface area contributed by atoms with E-state index in [-0.39, 0.29) is 11.4 Å². The number of thiophene rings is 1. The van der Waals surface area contributed by atoms with Crippen LogP contribution in [0.15, 0.2) is 34.4 Å². The summed E-state index contributed by atoms with van der Waals surface area (Å²) < 4.78 is 5.14. The first-order valence-corrected chi connectivity index (χ1v) is 7.70. The first-order valence-electron chi connectivity index (χ1n) is 6.82. The van der Waals surface area contributed by atoms with Gasteiger partial charge in [-0.1, -0.05) is 23.5 Å². The second kappa shape index (κ2) is 6.09. The van der Waals surface area contributed by atoms with Crippen molar-refractivity contribution in [2.75, 3.05) is 12.8 Å². The van der Waals surface area contributed by atoms with Crippen LogP contribution >= 0.6 is 11.3 Å². The summed E-state index contributed by atoms with van der Waals surface area (Å²) in [5.74, 6) is 0.401. The van der Waals surface area contributed by atoms with E-state index in [1.165, 1.54) is 11.3 Å². The summed E-state index contributed by atoms with van der Waals surface area (Å²) in [5.41, 5.74) is 6.62. The lowest BCUT2D eigenvalue weighted by Gasteiger charge is -2.05. The average molecular weight is 331 g/mol. The van der Waals surface area contributed by atoms with Gasteiger partial charge in [0.1, 0.15) is 11.1 Å². The van der Waals surface area contributed by atoms with Crippen molar-refractivity contribution in [3.05, 3.63) is 51.4 Å². The number of carbonyl (C=O) groups is 1. The number of nitrogen functional groups attached to an aromatic ring is 1. The lowest BCUT2D eigenvalue weighted by Crippen LogP contribution is -2.33. The van der Waals surface area contributed by atoms with Crippen molar-refractivity contribution in [1.29, 1.82) is 0 Å². The van der Waals surface area contributed by atoms with Crippen LogP contribution in [0.2, 0.25) is 0 Å². The number of nitrogens with one attached hydrogen (secondary N) is 3. The molecule has 3 aromatic rings. The van der Waals surface area contributed by atoms with E-state index < -0.39 is 5.91 Å². The molecule has 0 fully saturated rings. The maximum absolute atomic E-state index is 12.2. The number of ether oxygens (including phenoxy) is 1. The first-order chi connectivity index (χ1) is 11.1. The molecule has 0 radical (unpaired) electrons. The van der Waals surface area contributed by atoms with Gasteiger partial charge in [0.15, 0.2) is 4.83 Å². The van der Waals surface area contributed by atoms with Crippen LogP contribution in [0.5, 0.6) is 5.75 Å². The number of carbonyl (C=O) groups excluding carboxylic acids is 1. The Morgan fingerprint density at radius 2 is 2.30 bits per heavy atom. The highest BCUT2D eigenvalue weighted by Crippen LogP contribution is 2.20. The number of aromatic amines is 2. The lowest BCUT2D eigenvalue weighted by molar-refractivity contribution is -0.351. The molecule has 23 heavy (non-hydrogen) atoms. The van der Waals surface area contributed by atoms with Gasteiger partial charge in [0.25, 0.3) is 0 Å². The van der Waals surface area contributed by atoms with Crippen LogP contribution in [0, 0.1) is 0 Å². The molecule has 0 bridgehead atoms. The lowest BCUT2D eigenvalue weighted by atomic mass is 10.2. The average Bonchev–Trinajstić information content (AvgIpc) is 2.94. The van der Waals surface area contributed by atoms with Gasteiger partial charge in [0.05, 0.1) is 12.8 Å². The zero-order valence-corrected chi connectivity index (χ0v) is 13.1. The fraction of sp³-hybridized carbons (Fsp3) is 0.133. The zero-order chi connectivity index (χ0) is 16.4. The van der Waals surface area contributed by atoms with Gasteiger partial charge < -0.3 is 15.8 Å². The largest absolute Gasteiger partial charge is 0.497 e. The van der Waals surface area contributed by atoms with E-state index in [0.29, 0.717) is 28.2 Å². The molecule has 2 aromatic heterocycles. The van der Waals surface area contributed by atoms with Gasteiger partial charge in [-0.25, -0.2) is 14.8 Å². The van der Waals surface area contributed by atoms with Crippen molar-refractivity contribution in [3.8, 4) is 5.75 Å². The molecule has 0 aliphatic rings. The molecular weight excluding hydrogens is 316 g/mol. The van der Waals surface area contributed by atoms with Crippen molar-refractivity contribution in [3.63, 3.8) is 0 Å². The number of aromatic nitrogens is 2. The monoisotopic (exact) mass is 331 g/mol. The number of nitrogens with two attached hydrogens (primary N) is 1. The third-order valence-electron chi connectivity index (χ3n) is 3.34. The first kappa shape index (κ1) is 15.0. The minimum atomic E-state index is -0.404. The molecule has 0 unspecified atom stereocenters. The number of hydrogen-bond acceptors (Lipinski definition) is 5. The molecule has 3 rings (SSSR count). The summed E-state index contributed by atoms with van der Waals surface area (Å²) >= 11 is 1.28. The van der Waals surface area contributed by atoms with Crippen LogP contribution in [-0.2, 0) is 6.54 Å². The van der Waals surface area contributed by atoms with Crippen molar-refractivity contribution < 1.29 is 14.5 Å². The van der Waals surface area contributed by atoms with Gasteiger partial charge in [0.2, 0.25) is 0 Å². The van der Waals surface area contributed by atoms with E-state index in [1.807, 2.05) is 24.3 Å². The highest BCUT2D eigenvalue weighted by molar-refractivity contribution is 7.16. The molecule has 0 spiro atoms. The Balaban J connectivity index is 1.79. The molecule has 1 aromatic carbocycles. The SMILES string of the molecule is COc1cccc(CNC(=O)c2[nH]c(=O)c3c(N)csc3[nH+]2)c1. The highest BCUT2D eigenvalue weighted by atomic mass is 32.1. The molecule has 1 amide bonds. The van der Waals surface area contributed by atoms with Crippen LogP contribution in [0.4, 0.5) is 5.69 Å². The molecule has 2 heterocycles. The normalized spacial score (nSPS) is 10.7. The van der Waals surface area contributed by atoms with Crippen LogP contribution < -0.4 is 26.3 Å². The van der Waals surface area contributed by atoms with Crippen molar-refractivity contribution in [2.24, 2.45) is 0 Å². The minimum Gasteiger partial charge on any atom is -0.497 e. The maximum Gasteiger partial charge on any atom is 0.347 e. The minimum absolute atomic E-state index is 0.0900. The predicted molar refractivity (Wildman–Crippen MR) is 87.6 cm³/mol. The fourth-order valence-corrected chi connectivity index (χ4v) is 3.04. The van der Waals surface area contributed by atoms with E-state index in [1.54, 1.807) is 12.5 Å². The Hall–Kier alpha value is -2.87. The number of methoxy groups -OCH3 is 1. The van der Waals surface area contributed by atoms with Crippen molar-refractivity contribution >= 4 is 33.1 Å². The second-order valence-electron chi connectivity index (χ2n) is 4.88. The van der Waals surface area contributed by atoms with E-state index in [4.69, 9.17) is 10.5 Å². The number of rotatable bonds is 4. The summed E-state index contributed by atoms with van der Waals surface area (Å²) in [7, 11) is 1.58. The Bertz CT molecular complexity index is 932. The van der Waals surface area contributed by atoms with Gasteiger partial charge in [-0.05, 0) is 17.7 Å². The number of H-pyrrole nitrogens is 2. The van der Waals surface area contributed by atoms with E-state index >= 15 is 0 Å². The van der Waals surface area contributed by atoms with Gasteiger partial charge in [0, 0.05) is 11.9 Å². The van der Waals surface area contributed by atoms with Crippen LogP contribution in [0.1, 0.15) is 16.2 Å². The molecule has 0 saturated carbocycles. The van der Waals surface area contributed by atoms with E-state index in [2.05, 4.69) is 15.3 Å². The third kappa shape index (κ3) is 3.02. The van der Waals surface area contributed by atoms with Crippen LogP contribution in [-0.4, -0.2) is 18.0 Å². The summed E-state index contributed by atoms with van der Waals surface area (Å²) in [5, 5.41) is 4.78. The molecule has 5 N–H and O–H groups in total. The summed E-state index contributed by atoms with van der Waals surface area (Å²) in [6.45, 7) is 0.316. The Labute approximate surface area is 135 Å². The van der Waals surface area contributed by atoms with Gasteiger partial charge in [-0.3, -0.25) is 4.79 Å². The molecule has 0 saturated heterocycles. The number of amides is 1. The van der Waals surface area contributed by atoms with Gasteiger partial charge in [-0.2, -0.15) is 0 Å². The number of anilines is 1. The smallest absolute Gasteiger partial charge is 0.347 e. The molecular formula is C15H15N4O3S+. The Morgan fingerprint density at radius 3 is 3.09 bits per heavy atom. The quantitative estimate of drug-likeness (QED) is 0.660. The third-order valence-corrected chi connectivity index (χ3v) is 4.25. The Morgan fingerprint density at radius 1 is 1.48 bits per heavy atom. The second-order valence-corrected chi connectivity index (χ2v) is 5.76. The fourth-order valence-electron chi connectivity index (χ4n) is 2.19. The van der Waals surface area contributed by atoms with Crippen molar-refractivity contribution in [1.82, 2.24) is 10.3 Å². The molecule has 118 valence electrons. The Kier molecular flexibility index (Phi) is 3.98.